The zero-order valence-electron chi connectivity index (χ0n) is 16.3. The molecule has 0 atom stereocenters. The van der Waals surface area contributed by atoms with E-state index in [1.54, 1.807) is 0 Å². The number of hydrogen-bond acceptors (Lipinski definition) is 5. The predicted molar refractivity (Wildman–Crippen MR) is 111 cm³/mol. The molecule has 0 aromatic heterocycles. The Bertz CT molecular complexity index is 679. The second kappa shape index (κ2) is 9.21. The molecule has 1 heterocycles. The molecule has 2 rings (SSSR count). The van der Waals surface area contributed by atoms with Gasteiger partial charge in [0.05, 0.1) is 18.1 Å². The number of carbonyl (C=O) groups is 1. The molecule has 6 heteroatoms. The summed E-state index contributed by atoms with van der Waals surface area (Å²) in [6, 6.07) is 8.08. The van der Waals surface area contributed by atoms with Crippen molar-refractivity contribution in [2.45, 2.75) is 59.2 Å². The first-order valence-corrected chi connectivity index (χ1v) is 10.1. The first kappa shape index (κ1) is 20.5. The molecule has 5 nitrogen and oxygen atoms in total. The van der Waals surface area contributed by atoms with Crippen LogP contribution in [0.25, 0.3) is 0 Å². The Kier molecular flexibility index (Phi) is 7.26. The predicted octanol–water partition coefficient (Wildman–Crippen LogP) is 4.06. The van der Waals surface area contributed by atoms with Gasteiger partial charge in [0.25, 0.3) is 0 Å². The third-order valence-electron chi connectivity index (χ3n) is 3.65. The van der Waals surface area contributed by atoms with Crippen LogP contribution in [0.3, 0.4) is 0 Å². The molecule has 1 aromatic carbocycles. The van der Waals surface area contributed by atoms with E-state index in [0.29, 0.717) is 5.75 Å². The number of aliphatic imine (C=N–C) groups is 2. The van der Waals surface area contributed by atoms with Crippen molar-refractivity contribution in [3.63, 3.8) is 0 Å². The SMILES string of the molecule is CCCCOc1ccc(C2=NC(C)(C)N=C2SCC(=O)NC(C)C)cc1. The van der Waals surface area contributed by atoms with Crippen LogP contribution in [0.4, 0.5) is 0 Å². The number of amides is 1. The molecule has 0 aliphatic carbocycles. The monoisotopic (exact) mass is 375 g/mol. The number of benzene rings is 1. The highest BCUT2D eigenvalue weighted by atomic mass is 32.2. The normalized spacial score (nSPS) is 15.6. The van der Waals surface area contributed by atoms with E-state index >= 15 is 0 Å². The second-order valence-electron chi connectivity index (χ2n) is 7.11. The number of rotatable bonds is 8. The van der Waals surface area contributed by atoms with Crippen molar-refractivity contribution >= 4 is 28.4 Å². The molecule has 0 saturated heterocycles. The highest BCUT2D eigenvalue weighted by Gasteiger charge is 2.28. The summed E-state index contributed by atoms with van der Waals surface area (Å²) in [7, 11) is 0. The van der Waals surface area contributed by atoms with E-state index in [1.165, 1.54) is 11.8 Å². The summed E-state index contributed by atoms with van der Waals surface area (Å²) in [4.78, 5) is 21.4. The number of thioether (sulfide) groups is 1. The lowest BCUT2D eigenvalue weighted by Gasteiger charge is -2.09. The first-order valence-electron chi connectivity index (χ1n) is 9.16. The summed E-state index contributed by atoms with van der Waals surface area (Å²) in [6.45, 7) is 10.7. The summed E-state index contributed by atoms with van der Waals surface area (Å²) in [5.74, 6) is 1.21. The smallest absolute Gasteiger partial charge is 0.230 e. The number of unbranched alkanes of at least 4 members (excludes halogenated alkanes) is 1. The highest BCUT2D eigenvalue weighted by Crippen LogP contribution is 2.27. The van der Waals surface area contributed by atoms with E-state index in [4.69, 9.17) is 9.73 Å². The summed E-state index contributed by atoms with van der Waals surface area (Å²) in [6.07, 6.45) is 2.17. The lowest BCUT2D eigenvalue weighted by atomic mass is 10.1. The zero-order valence-corrected chi connectivity index (χ0v) is 17.2. The average Bonchev–Trinajstić information content (AvgIpc) is 2.88. The van der Waals surface area contributed by atoms with Gasteiger partial charge in [-0.2, -0.15) is 0 Å². The van der Waals surface area contributed by atoms with Crippen molar-refractivity contribution in [1.82, 2.24) is 5.32 Å². The van der Waals surface area contributed by atoms with Crippen LogP contribution in [0.5, 0.6) is 5.75 Å². The van der Waals surface area contributed by atoms with Gasteiger partial charge in [0.15, 0.2) is 0 Å². The van der Waals surface area contributed by atoms with E-state index < -0.39 is 5.66 Å². The molecule has 0 saturated carbocycles. The van der Waals surface area contributed by atoms with Gasteiger partial charge in [-0.15, -0.1) is 0 Å². The fourth-order valence-corrected chi connectivity index (χ4v) is 3.42. The van der Waals surface area contributed by atoms with Crippen LogP contribution in [0.1, 0.15) is 53.0 Å². The molecule has 142 valence electrons. The summed E-state index contributed by atoms with van der Waals surface area (Å²) >= 11 is 1.44. The molecular formula is C20H29N3O2S. The Hall–Kier alpha value is -1.82. The number of nitrogens with one attached hydrogen (secondary N) is 1. The minimum Gasteiger partial charge on any atom is -0.494 e. The Balaban J connectivity index is 2.06. The number of ether oxygens (including phenoxy) is 1. The summed E-state index contributed by atoms with van der Waals surface area (Å²) in [5.41, 5.74) is 1.34. The van der Waals surface area contributed by atoms with Crippen molar-refractivity contribution < 1.29 is 9.53 Å². The molecule has 0 fully saturated rings. The van der Waals surface area contributed by atoms with Gasteiger partial charge in [-0.3, -0.25) is 9.79 Å². The van der Waals surface area contributed by atoms with Crippen LogP contribution in [0.15, 0.2) is 34.3 Å². The summed E-state index contributed by atoms with van der Waals surface area (Å²) < 4.78 is 5.72. The van der Waals surface area contributed by atoms with Crippen LogP contribution in [0, 0.1) is 0 Å². The van der Waals surface area contributed by atoms with Gasteiger partial charge >= 0.3 is 0 Å². The molecule has 26 heavy (non-hydrogen) atoms. The quantitative estimate of drug-likeness (QED) is 0.697. The van der Waals surface area contributed by atoms with E-state index in [0.717, 1.165) is 41.5 Å². The first-order chi connectivity index (χ1) is 12.3. The third kappa shape index (κ3) is 6.16. The van der Waals surface area contributed by atoms with Gasteiger partial charge in [0.1, 0.15) is 16.5 Å². The number of nitrogens with zero attached hydrogens (tertiary/aromatic N) is 2. The van der Waals surface area contributed by atoms with E-state index in [2.05, 4.69) is 17.2 Å². The minimum absolute atomic E-state index is 0.0106. The fraction of sp³-hybridized carbons (Fsp3) is 0.550. The standard InChI is InChI=1S/C20H29N3O2S/c1-6-7-12-25-16-10-8-15(9-11-16)18-19(23-20(4,5)22-18)26-13-17(24)21-14(2)3/h8-11,14H,6-7,12-13H2,1-5H3,(H,21,24). The van der Waals surface area contributed by atoms with Crippen molar-refractivity contribution in [2.75, 3.05) is 12.4 Å². The Morgan fingerprint density at radius 1 is 1.23 bits per heavy atom. The minimum atomic E-state index is -0.498. The average molecular weight is 376 g/mol. The van der Waals surface area contributed by atoms with Crippen molar-refractivity contribution in [3.05, 3.63) is 29.8 Å². The van der Waals surface area contributed by atoms with Gasteiger partial charge in [-0.05, 0) is 58.4 Å². The van der Waals surface area contributed by atoms with Crippen LogP contribution in [-0.2, 0) is 4.79 Å². The summed E-state index contributed by atoms with van der Waals surface area (Å²) in [5, 5.41) is 3.72. The van der Waals surface area contributed by atoms with Crippen molar-refractivity contribution in [3.8, 4) is 5.75 Å². The molecule has 1 amide bonds. The topological polar surface area (TPSA) is 63.1 Å². The maximum atomic E-state index is 11.9. The largest absolute Gasteiger partial charge is 0.494 e. The molecule has 1 aromatic rings. The molecule has 1 aliphatic rings. The van der Waals surface area contributed by atoms with Gasteiger partial charge in [-0.1, -0.05) is 25.1 Å². The molecular weight excluding hydrogens is 346 g/mol. The van der Waals surface area contributed by atoms with Crippen LogP contribution >= 0.6 is 11.8 Å². The third-order valence-corrected chi connectivity index (χ3v) is 4.61. The Morgan fingerprint density at radius 3 is 2.54 bits per heavy atom. The highest BCUT2D eigenvalue weighted by molar-refractivity contribution is 8.16. The maximum absolute atomic E-state index is 11.9. The molecule has 0 bridgehead atoms. The zero-order chi connectivity index (χ0) is 19.2. The fourth-order valence-electron chi connectivity index (χ4n) is 2.48. The lowest BCUT2D eigenvalue weighted by Crippen LogP contribution is -2.32. The van der Waals surface area contributed by atoms with Crippen molar-refractivity contribution in [2.24, 2.45) is 9.98 Å². The van der Waals surface area contributed by atoms with E-state index in [-0.39, 0.29) is 11.9 Å². The Morgan fingerprint density at radius 2 is 1.92 bits per heavy atom. The van der Waals surface area contributed by atoms with E-state index in [9.17, 15) is 4.79 Å². The van der Waals surface area contributed by atoms with Crippen LogP contribution in [0.2, 0.25) is 0 Å². The lowest BCUT2D eigenvalue weighted by molar-refractivity contribution is -0.119. The second-order valence-corrected chi connectivity index (χ2v) is 8.07. The van der Waals surface area contributed by atoms with Crippen LogP contribution in [-0.4, -0.2) is 40.7 Å². The number of hydrogen-bond donors (Lipinski definition) is 1. The van der Waals surface area contributed by atoms with Gasteiger partial charge in [0, 0.05) is 11.6 Å². The molecule has 0 radical (unpaired) electrons. The molecule has 1 aliphatic heterocycles. The van der Waals surface area contributed by atoms with E-state index in [1.807, 2.05) is 52.0 Å². The molecule has 1 N–H and O–H groups in total. The van der Waals surface area contributed by atoms with Gasteiger partial charge in [-0.25, -0.2) is 4.99 Å². The maximum Gasteiger partial charge on any atom is 0.230 e. The van der Waals surface area contributed by atoms with Gasteiger partial charge < -0.3 is 10.1 Å². The van der Waals surface area contributed by atoms with Gasteiger partial charge in [0.2, 0.25) is 5.91 Å². The Labute approximate surface area is 160 Å². The van der Waals surface area contributed by atoms with Crippen molar-refractivity contribution in [1.29, 1.82) is 0 Å². The number of carbonyl (C=O) groups excluding carboxylic acids is 1. The van der Waals surface area contributed by atoms with Crippen LogP contribution < -0.4 is 10.1 Å². The molecule has 0 spiro atoms. The molecule has 0 unspecified atom stereocenters.